The molecule has 0 heterocycles. The van der Waals surface area contributed by atoms with Gasteiger partial charge in [-0.05, 0) is 42.2 Å². The van der Waals surface area contributed by atoms with Crippen LogP contribution in [0.2, 0.25) is 0 Å². The molecule has 0 aliphatic carbocycles. The van der Waals surface area contributed by atoms with Gasteiger partial charge in [-0.25, -0.2) is 4.39 Å². The SMILES string of the molecule is CCCNC(=O)[C@@H](Cc1ccccc1)N(Cc1cccc(C)c1)C(=O)CSCc1ccc(F)cc1. The van der Waals surface area contributed by atoms with E-state index in [4.69, 9.17) is 0 Å². The van der Waals surface area contributed by atoms with Crippen molar-refractivity contribution < 1.29 is 14.0 Å². The number of carbonyl (C=O) groups is 2. The van der Waals surface area contributed by atoms with Crippen molar-refractivity contribution in [2.75, 3.05) is 12.3 Å². The monoisotopic (exact) mass is 492 g/mol. The van der Waals surface area contributed by atoms with Crippen LogP contribution in [-0.4, -0.2) is 35.1 Å². The molecule has 184 valence electrons. The molecule has 2 amide bonds. The number of thioether (sulfide) groups is 1. The lowest BCUT2D eigenvalue weighted by molar-refractivity contribution is -0.139. The van der Waals surface area contributed by atoms with E-state index in [0.29, 0.717) is 25.3 Å². The highest BCUT2D eigenvalue weighted by Gasteiger charge is 2.30. The first-order valence-electron chi connectivity index (χ1n) is 11.9. The maximum Gasteiger partial charge on any atom is 0.243 e. The van der Waals surface area contributed by atoms with E-state index in [-0.39, 0.29) is 23.4 Å². The second kappa shape index (κ2) is 13.7. The van der Waals surface area contributed by atoms with E-state index >= 15 is 0 Å². The van der Waals surface area contributed by atoms with Crippen molar-refractivity contribution in [3.05, 3.63) is 107 Å². The largest absolute Gasteiger partial charge is 0.354 e. The summed E-state index contributed by atoms with van der Waals surface area (Å²) >= 11 is 1.47. The van der Waals surface area contributed by atoms with Gasteiger partial charge in [0.1, 0.15) is 11.9 Å². The van der Waals surface area contributed by atoms with E-state index < -0.39 is 6.04 Å². The maximum absolute atomic E-state index is 13.6. The number of nitrogens with zero attached hydrogens (tertiary/aromatic N) is 1. The van der Waals surface area contributed by atoms with Crippen LogP contribution in [-0.2, 0) is 28.3 Å². The predicted octanol–water partition coefficient (Wildman–Crippen LogP) is 5.53. The second-order valence-electron chi connectivity index (χ2n) is 8.63. The normalized spacial score (nSPS) is 11.6. The van der Waals surface area contributed by atoms with Crippen molar-refractivity contribution in [2.45, 2.75) is 45.0 Å². The number of hydrogen-bond donors (Lipinski definition) is 1. The quantitative estimate of drug-likeness (QED) is 0.362. The van der Waals surface area contributed by atoms with Gasteiger partial charge >= 0.3 is 0 Å². The molecule has 0 aliphatic heterocycles. The first kappa shape index (κ1) is 26.5. The van der Waals surface area contributed by atoms with Gasteiger partial charge in [-0.2, -0.15) is 0 Å². The van der Waals surface area contributed by atoms with Gasteiger partial charge in [-0.1, -0.05) is 79.2 Å². The molecular weight excluding hydrogens is 459 g/mol. The van der Waals surface area contributed by atoms with Crippen LogP contribution in [0.1, 0.15) is 35.6 Å². The number of rotatable bonds is 12. The Morgan fingerprint density at radius 3 is 2.34 bits per heavy atom. The molecule has 1 atom stereocenters. The molecule has 1 N–H and O–H groups in total. The topological polar surface area (TPSA) is 49.4 Å². The number of aryl methyl sites for hydroxylation is 1. The van der Waals surface area contributed by atoms with Crippen LogP contribution in [0.25, 0.3) is 0 Å². The minimum absolute atomic E-state index is 0.0915. The third-order valence-corrected chi connectivity index (χ3v) is 6.65. The molecule has 0 aromatic heterocycles. The Kier molecular flexibility index (Phi) is 10.4. The molecule has 0 bridgehead atoms. The molecule has 0 aliphatic rings. The van der Waals surface area contributed by atoms with E-state index in [0.717, 1.165) is 28.7 Å². The summed E-state index contributed by atoms with van der Waals surface area (Å²) in [6, 6.07) is 23.5. The molecular formula is C29H33FN2O2S. The average molecular weight is 493 g/mol. The molecule has 3 rings (SSSR count). The number of carbonyl (C=O) groups excluding carboxylic acids is 2. The summed E-state index contributed by atoms with van der Waals surface area (Å²) in [4.78, 5) is 28.6. The van der Waals surface area contributed by atoms with Gasteiger partial charge < -0.3 is 10.2 Å². The lowest BCUT2D eigenvalue weighted by atomic mass is 10.0. The maximum atomic E-state index is 13.6. The van der Waals surface area contributed by atoms with Crippen LogP contribution in [0.15, 0.2) is 78.9 Å². The van der Waals surface area contributed by atoms with Gasteiger partial charge in [0.15, 0.2) is 0 Å². The lowest BCUT2D eigenvalue weighted by Crippen LogP contribution is -2.51. The molecule has 4 nitrogen and oxygen atoms in total. The van der Waals surface area contributed by atoms with Crippen LogP contribution >= 0.6 is 11.8 Å². The fourth-order valence-electron chi connectivity index (χ4n) is 3.85. The van der Waals surface area contributed by atoms with Crippen molar-refractivity contribution in [2.24, 2.45) is 0 Å². The molecule has 0 radical (unpaired) electrons. The summed E-state index contributed by atoms with van der Waals surface area (Å²) in [7, 11) is 0. The van der Waals surface area contributed by atoms with Crippen LogP contribution in [0.3, 0.4) is 0 Å². The van der Waals surface area contributed by atoms with Crippen molar-refractivity contribution in [1.29, 1.82) is 0 Å². The number of hydrogen-bond acceptors (Lipinski definition) is 3. The minimum Gasteiger partial charge on any atom is -0.354 e. The van der Waals surface area contributed by atoms with Gasteiger partial charge in [0.05, 0.1) is 5.75 Å². The molecule has 35 heavy (non-hydrogen) atoms. The third-order valence-electron chi connectivity index (χ3n) is 5.66. The molecule has 0 fully saturated rings. The first-order valence-corrected chi connectivity index (χ1v) is 13.1. The second-order valence-corrected chi connectivity index (χ2v) is 9.61. The zero-order valence-corrected chi connectivity index (χ0v) is 21.2. The van der Waals surface area contributed by atoms with E-state index in [1.165, 1.54) is 23.9 Å². The Labute approximate surface area is 211 Å². The van der Waals surface area contributed by atoms with Gasteiger partial charge in [0, 0.05) is 25.3 Å². The predicted molar refractivity (Wildman–Crippen MR) is 142 cm³/mol. The Morgan fingerprint density at radius 1 is 0.943 bits per heavy atom. The lowest BCUT2D eigenvalue weighted by Gasteiger charge is -2.31. The van der Waals surface area contributed by atoms with Crippen LogP contribution in [0.5, 0.6) is 0 Å². The van der Waals surface area contributed by atoms with Crippen molar-refractivity contribution in [3.8, 4) is 0 Å². The van der Waals surface area contributed by atoms with Crippen molar-refractivity contribution in [3.63, 3.8) is 0 Å². The summed E-state index contributed by atoms with van der Waals surface area (Å²) in [5.41, 5.74) is 4.06. The van der Waals surface area contributed by atoms with E-state index in [1.807, 2.05) is 62.4 Å². The summed E-state index contributed by atoms with van der Waals surface area (Å²) in [5.74, 6) is 0.318. The number of amides is 2. The molecule has 0 saturated heterocycles. The number of benzene rings is 3. The molecule has 0 unspecified atom stereocenters. The smallest absolute Gasteiger partial charge is 0.243 e. The molecule has 0 spiro atoms. The van der Waals surface area contributed by atoms with Crippen LogP contribution < -0.4 is 5.32 Å². The summed E-state index contributed by atoms with van der Waals surface area (Å²) in [5, 5.41) is 3.00. The first-order chi connectivity index (χ1) is 17.0. The fourth-order valence-corrected chi connectivity index (χ4v) is 4.72. The highest BCUT2D eigenvalue weighted by atomic mass is 32.2. The zero-order valence-electron chi connectivity index (χ0n) is 20.4. The van der Waals surface area contributed by atoms with Gasteiger partial charge in [0.25, 0.3) is 0 Å². The van der Waals surface area contributed by atoms with E-state index in [2.05, 4.69) is 11.4 Å². The Hall–Kier alpha value is -3.12. The zero-order chi connectivity index (χ0) is 25.0. The van der Waals surface area contributed by atoms with Gasteiger partial charge in [-0.3, -0.25) is 9.59 Å². The summed E-state index contributed by atoms with van der Waals surface area (Å²) in [6.07, 6.45) is 1.26. The Bertz CT molecular complexity index is 1090. The molecule has 3 aromatic carbocycles. The summed E-state index contributed by atoms with van der Waals surface area (Å²) < 4.78 is 13.2. The average Bonchev–Trinajstić information content (AvgIpc) is 2.86. The highest BCUT2D eigenvalue weighted by Crippen LogP contribution is 2.19. The standard InChI is InChI=1S/C29H33FN2O2S/c1-3-16-31-29(34)27(18-23-9-5-4-6-10-23)32(19-25-11-7-8-22(2)17-25)28(33)21-35-20-24-12-14-26(30)15-13-24/h4-15,17,27H,3,16,18-21H2,1-2H3,(H,31,34)/t27-/m1/s1. The van der Waals surface area contributed by atoms with E-state index in [9.17, 15) is 14.0 Å². The van der Waals surface area contributed by atoms with Gasteiger partial charge in [0.2, 0.25) is 11.8 Å². The molecule has 3 aromatic rings. The van der Waals surface area contributed by atoms with Crippen LogP contribution in [0, 0.1) is 12.7 Å². The minimum atomic E-state index is -0.622. The van der Waals surface area contributed by atoms with Gasteiger partial charge in [-0.15, -0.1) is 11.8 Å². The highest BCUT2D eigenvalue weighted by molar-refractivity contribution is 7.99. The Morgan fingerprint density at radius 2 is 1.66 bits per heavy atom. The van der Waals surface area contributed by atoms with Crippen molar-refractivity contribution >= 4 is 23.6 Å². The molecule has 0 saturated carbocycles. The summed E-state index contributed by atoms with van der Waals surface area (Å²) in [6.45, 7) is 4.95. The molecule has 6 heteroatoms. The van der Waals surface area contributed by atoms with E-state index in [1.54, 1.807) is 17.0 Å². The Balaban J connectivity index is 1.82. The van der Waals surface area contributed by atoms with Crippen LogP contribution in [0.4, 0.5) is 4.39 Å². The fraction of sp³-hybridized carbons (Fsp3) is 0.310. The third kappa shape index (κ3) is 8.55. The number of halogens is 1. The van der Waals surface area contributed by atoms with Crippen molar-refractivity contribution in [1.82, 2.24) is 10.2 Å². The number of nitrogens with one attached hydrogen (secondary N) is 1.